The summed E-state index contributed by atoms with van der Waals surface area (Å²) >= 11 is 0. The van der Waals surface area contributed by atoms with Crippen LogP contribution in [0.15, 0.2) is 47.7 Å². The summed E-state index contributed by atoms with van der Waals surface area (Å²) in [5.41, 5.74) is 5.18. The van der Waals surface area contributed by atoms with E-state index in [2.05, 4.69) is 73.4 Å². The van der Waals surface area contributed by atoms with E-state index in [9.17, 15) is 0 Å². The molecule has 0 amide bonds. The summed E-state index contributed by atoms with van der Waals surface area (Å²) in [5, 5.41) is 3.39. The third-order valence-corrected chi connectivity index (χ3v) is 4.14. The molecule has 0 unspecified atom stereocenters. The normalized spacial score (nSPS) is 11.0. The van der Waals surface area contributed by atoms with Crippen molar-refractivity contribution in [3.63, 3.8) is 0 Å². The first-order valence-electron chi connectivity index (χ1n) is 8.55. The average molecular weight is 452 g/mol. The van der Waals surface area contributed by atoms with Crippen molar-refractivity contribution in [2.75, 3.05) is 20.1 Å². The lowest BCUT2D eigenvalue weighted by atomic mass is 10.1. The topological polar surface area (TPSA) is 40.5 Å². The molecule has 136 valence electrons. The predicted molar refractivity (Wildman–Crippen MR) is 117 cm³/mol. The SMILES string of the molecule is CCNC(=NCCc1ccncc1C)N(C)Cc1ccccc1C.I. The lowest BCUT2D eigenvalue weighted by molar-refractivity contribution is 0.476. The van der Waals surface area contributed by atoms with Gasteiger partial charge in [-0.2, -0.15) is 0 Å². The highest BCUT2D eigenvalue weighted by atomic mass is 127. The lowest BCUT2D eigenvalue weighted by Crippen LogP contribution is -2.38. The van der Waals surface area contributed by atoms with Crippen LogP contribution in [0.5, 0.6) is 0 Å². The van der Waals surface area contributed by atoms with Gasteiger partial charge in [-0.05, 0) is 55.5 Å². The van der Waals surface area contributed by atoms with Crippen molar-refractivity contribution >= 4 is 29.9 Å². The largest absolute Gasteiger partial charge is 0.357 e. The number of halogens is 1. The monoisotopic (exact) mass is 452 g/mol. The van der Waals surface area contributed by atoms with Gasteiger partial charge in [0.25, 0.3) is 0 Å². The summed E-state index contributed by atoms with van der Waals surface area (Å²) in [5.74, 6) is 0.951. The van der Waals surface area contributed by atoms with Crippen molar-refractivity contribution in [1.29, 1.82) is 0 Å². The van der Waals surface area contributed by atoms with E-state index < -0.39 is 0 Å². The Bertz CT molecular complexity index is 685. The van der Waals surface area contributed by atoms with Crippen LogP contribution in [0.4, 0.5) is 0 Å². The van der Waals surface area contributed by atoms with Gasteiger partial charge in [0.1, 0.15) is 0 Å². The molecular formula is C20H29IN4. The van der Waals surface area contributed by atoms with E-state index in [1.54, 1.807) is 0 Å². The van der Waals surface area contributed by atoms with Gasteiger partial charge in [-0.1, -0.05) is 24.3 Å². The minimum absolute atomic E-state index is 0. The Morgan fingerprint density at radius 1 is 1.12 bits per heavy atom. The highest BCUT2D eigenvalue weighted by molar-refractivity contribution is 14.0. The van der Waals surface area contributed by atoms with Gasteiger partial charge in [0, 0.05) is 39.1 Å². The van der Waals surface area contributed by atoms with Crippen LogP contribution in [0.2, 0.25) is 0 Å². The molecule has 0 radical (unpaired) electrons. The van der Waals surface area contributed by atoms with Gasteiger partial charge in [-0.15, -0.1) is 24.0 Å². The molecule has 1 aromatic heterocycles. The van der Waals surface area contributed by atoms with Gasteiger partial charge in [0.15, 0.2) is 5.96 Å². The molecule has 0 aliphatic heterocycles. The standard InChI is InChI=1S/C20H28N4.HI/c1-5-22-20(23-13-11-18-10-12-21-14-17(18)3)24(4)15-19-9-7-6-8-16(19)2;/h6-10,12,14H,5,11,13,15H2,1-4H3,(H,22,23);1H. The van der Waals surface area contributed by atoms with Crippen molar-refractivity contribution in [2.24, 2.45) is 4.99 Å². The van der Waals surface area contributed by atoms with E-state index in [1.165, 1.54) is 22.3 Å². The molecule has 0 bridgehead atoms. The Morgan fingerprint density at radius 3 is 2.56 bits per heavy atom. The first-order chi connectivity index (χ1) is 11.6. The number of hydrogen-bond acceptors (Lipinski definition) is 2. The Hall–Kier alpha value is -1.63. The molecule has 0 atom stereocenters. The van der Waals surface area contributed by atoms with E-state index in [-0.39, 0.29) is 24.0 Å². The molecule has 0 spiro atoms. The Labute approximate surface area is 168 Å². The van der Waals surface area contributed by atoms with Crippen LogP contribution in [0.3, 0.4) is 0 Å². The highest BCUT2D eigenvalue weighted by Gasteiger charge is 2.08. The van der Waals surface area contributed by atoms with E-state index >= 15 is 0 Å². The second-order valence-corrected chi connectivity index (χ2v) is 6.07. The van der Waals surface area contributed by atoms with Crippen molar-refractivity contribution < 1.29 is 0 Å². The molecule has 1 N–H and O–H groups in total. The summed E-state index contributed by atoms with van der Waals surface area (Å²) in [6, 6.07) is 10.6. The maximum atomic E-state index is 4.79. The van der Waals surface area contributed by atoms with Gasteiger partial charge in [0.05, 0.1) is 0 Å². The number of rotatable bonds is 6. The Kier molecular flexibility index (Phi) is 9.49. The second kappa shape index (κ2) is 11.1. The number of aromatic nitrogens is 1. The second-order valence-electron chi connectivity index (χ2n) is 6.07. The van der Waals surface area contributed by atoms with Crippen LogP contribution in [0, 0.1) is 13.8 Å². The molecular weight excluding hydrogens is 423 g/mol. The summed E-state index contributed by atoms with van der Waals surface area (Å²) < 4.78 is 0. The summed E-state index contributed by atoms with van der Waals surface area (Å²) in [4.78, 5) is 11.1. The number of benzene rings is 1. The predicted octanol–water partition coefficient (Wildman–Crippen LogP) is 3.96. The molecule has 0 aliphatic rings. The Morgan fingerprint density at radius 2 is 1.88 bits per heavy atom. The number of nitrogens with one attached hydrogen (secondary N) is 1. The minimum atomic E-state index is 0. The van der Waals surface area contributed by atoms with E-state index in [4.69, 9.17) is 4.99 Å². The van der Waals surface area contributed by atoms with Gasteiger partial charge in [-0.25, -0.2) is 0 Å². The molecule has 2 rings (SSSR count). The van der Waals surface area contributed by atoms with Crippen LogP contribution in [0.25, 0.3) is 0 Å². The molecule has 4 nitrogen and oxygen atoms in total. The average Bonchev–Trinajstić information content (AvgIpc) is 2.58. The number of aliphatic imine (C=N–C) groups is 1. The van der Waals surface area contributed by atoms with Crippen molar-refractivity contribution in [2.45, 2.75) is 33.7 Å². The van der Waals surface area contributed by atoms with Gasteiger partial charge in [0.2, 0.25) is 0 Å². The van der Waals surface area contributed by atoms with Crippen LogP contribution < -0.4 is 5.32 Å². The smallest absolute Gasteiger partial charge is 0.193 e. The third-order valence-electron chi connectivity index (χ3n) is 4.14. The van der Waals surface area contributed by atoms with E-state index in [1.807, 2.05) is 12.4 Å². The van der Waals surface area contributed by atoms with Gasteiger partial charge < -0.3 is 10.2 Å². The quantitative estimate of drug-likeness (QED) is 0.410. The zero-order valence-electron chi connectivity index (χ0n) is 15.6. The lowest BCUT2D eigenvalue weighted by Gasteiger charge is -2.23. The zero-order valence-corrected chi connectivity index (χ0v) is 18.0. The molecule has 2 aromatic rings. The van der Waals surface area contributed by atoms with Crippen molar-refractivity contribution in [3.8, 4) is 0 Å². The summed E-state index contributed by atoms with van der Waals surface area (Å²) in [6.07, 6.45) is 4.69. The van der Waals surface area contributed by atoms with E-state index in [0.717, 1.165) is 32.0 Å². The fraction of sp³-hybridized carbons (Fsp3) is 0.400. The number of pyridine rings is 1. The fourth-order valence-corrected chi connectivity index (χ4v) is 2.65. The number of nitrogens with zero attached hydrogens (tertiary/aromatic N) is 3. The maximum Gasteiger partial charge on any atom is 0.193 e. The van der Waals surface area contributed by atoms with Gasteiger partial charge in [-0.3, -0.25) is 9.98 Å². The molecule has 1 heterocycles. The molecule has 5 heteroatoms. The molecule has 0 saturated heterocycles. The number of hydrogen-bond donors (Lipinski definition) is 1. The fourth-order valence-electron chi connectivity index (χ4n) is 2.65. The van der Waals surface area contributed by atoms with Crippen LogP contribution >= 0.6 is 24.0 Å². The van der Waals surface area contributed by atoms with Crippen LogP contribution in [0.1, 0.15) is 29.2 Å². The molecule has 0 fully saturated rings. The summed E-state index contributed by atoms with van der Waals surface area (Å²) in [7, 11) is 2.09. The van der Waals surface area contributed by atoms with Crippen molar-refractivity contribution in [3.05, 3.63) is 65.0 Å². The molecule has 1 aromatic carbocycles. The molecule has 25 heavy (non-hydrogen) atoms. The summed E-state index contributed by atoms with van der Waals surface area (Å²) in [6.45, 7) is 8.84. The maximum absolute atomic E-state index is 4.79. The molecule has 0 saturated carbocycles. The van der Waals surface area contributed by atoms with Gasteiger partial charge >= 0.3 is 0 Å². The number of guanidine groups is 1. The zero-order chi connectivity index (χ0) is 17.4. The highest BCUT2D eigenvalue weighted by Crippen LogP contribution is 2.10. The van der Waals surface area contributed by atoms with Crippen LogP contribution in [-0.2, 0) is 13.0 Å². The number of aryl methyl sites for hydroxylation is 2. The third kappa shape index (κ3) is 6.65. The first-order valence-corrected chi connectivity index (χ1v) is 8.55. The van der Waals surface area contributed by atoms with E-state index in [0.29, 0.717) is 0 Å². The van der Waals surface area contributed by atoms with Crippen molar-refractivity contribution in [1.82, 2.24) is 15.2 Å². The van der Waals surface area contributed by atoms with Crippen LogP contribution in [-0.4, -0.2) is 36.0 Å². The minimum Gasteiger partial charge on any atom is -0.357 e. The molecule has 0 aliphatic carbocycles. The first kappa shape index (κ1) is 21.4. The Balaban J connectivity index is 0.00000312.